The minimum Gasteiger partial charge on any atom is -0.487 e. The molecule has 2 aromatic heterocycles. The van der Waals surface area contributed by atoms with Gasteiger partial charge in [0.1, 0.15) is 11.5 Å². The number of ether oxygens (including phenoxy) is 2. The number of hydrogen-bond donors (Lipinski definition) is 2. The number of nitrogens with zero attached hydrogens (tertiary/aromatic N) is 4. The van der Waals surface area contributed by atoms with Crippen molar-refractivity contribution in [2.24, 2.45) is 34.5 Å². The van der Waals surface area contributed by atoms with E-state index < -0.39 is 48.4 Å². The van der Waals surface area contributed by atoms with Crippen LogP contribution < -0.4 is 29.9 Å². The minimum atomic E-state index is -0.875. The van der Waals surface area contributed by atoms with Gasteiger partial charge in [-0.2, -0.15) is 9.97 Å². The van der Waals surface area contributed by atoms with Crippen LogP contribution in [0, 0.1) is 58.9 Å². The molecule has 4 aromatic rings. The molecule has 7 aliphatic rings. The Labute approximate surface area is 400 Å². The third-order valence-corrected chi connectivity index (χ3v) is 16.1. The number of alkyl halides is 2. The van der Waals surface area contributed by atoms with E-state index in [2.05, 4.69) is 48.3 Å². The molecule has 2 unspecified atom stereocenters. The van der Waals surface area contributed by atoms with Crippen LogP contribution in [-0.2, 0) is 12.8 Å². The lowest BCUT2D eigenvalue weighted by Gasteiger charge is -2.49. The van der Waals surface area contributed by atoms with Gasteiger partial charge in [-0.05, 0) is 113 Å². The first-order valence-corrected chi connectivity index (χ1v) is 25.0. The number of benzene rings is 2. The summed E-state index contributed by atoms with van der Waals surface area (Å²) in [5.74, 6) is -0.679. The second-order valence-electron chi connectivity index (χ2n) is 20.7. The van der Waals surface area contributed by atoms with Gasteiger partial charge < -0.3 is 38.7 Å². The molecular formula is C52H65F5N6O6. The van der Waals surface area contributed by atoms with Crippen molar-refractivity contribution >= 4 is 35.2 Å². The highest BCUT2D eigenvalue weighted by Gasteiger charge is 2.47. The number of oxazole rings is 2. The highest BCUT2D eigenvalue weighted by Crippen LogP contribution is 2.53. The smallest absolute Gasteiger partial charge is 0.298 e. The van der Waals surface area contributed by atoms with Gasteiger partial charge >= 0.3 is 0 Å². The van der Waals surface area contributed by atoms with Crippen molar-refractivity contribution < 1.29 is 49.8 Å². The molecular weight excluding hydrogens is 900 g/mol. The lowest BCUT2D eigenvalue weighted by atomic mass is 9.64. The number of fused-ring (bicyclic) bond motifs is 3. The predicted octanol–water partition coefficient (Wildman–Crippen LogP) is 11.6. The van der Waals surface area contributed by atoms with E-state index in [0.29, 0.717) is 29.1 Å². The number of nitrogens with one attached hydrogen (secondary N) is 2. The molecule has 2 atom stereocenters. The Bertz CT molecular complexity index is 2440. The molecule has 4 heterocycles. The Balaban J connectivity index is 0.000000172. The van der Waals surface area contributed by atoms with E-state index in [1.807, 2.05) is 9.80 Å². The van der Waals surface area contributed by atoms with Gasteiger partial charge in [0.15, 0.2) is 40.3 Å². The molecule has 2 aliphatic heterocycles. The quantitative estimate of drug-likeness (QED) is 0.0928. The molecule has 5 saturated carbocycles. The summed E-state index contributed by atoms with van der Waals surface area (Å²) in [5.41, 5.74) is 1.24. The van der Waals surface area contributed by atoms with Crippen LogP contribution >= 0.6 is 0 Å². The molecule has 2 bridgehead atoms. The van der Waals surface area contributed by atoms with Gasteiger partial charge in [0, 0.05) is 79.4 Å². The number of hydrogen-bond acceptors (Lipinski definition) is 10. The highest BCUT2D eigenvalue weighted by atomic mass is 19.1. The Kier molecular flexibility index (Phi) is 14.0. The summed E-state index contributed by atoms with van der Waals surface area (Å²) in [6.07, 6.45) is 11.1. The van der Waals surface area contributed by atoms with Crippen molar-refractivity contribution in [3.8, 4) is 11.5 Å². The van der Waals surface area contributed by atoms with Gasteiger partial charge in [-0.1, -0.05) is 27.7 Å². The van der Waals surface area contributed by atoms with E-state index in [0.717, 1.165) is 102 Å². The third kappa shape index (κ3) is 10.2. The van der Waals surface area contributed by atoms with Gasteiger partial charge in [0.2, 0.25) is 0 Å². The monoisotopic (exact) mass is 964 g/mol. The van der Waals surface area contributed by atoms with Crippen molar-refractivity contribution in [3.05, 3.63) is 70.2 Å². The van der Waals surface area contributed by atoms with E-state index in [1.165, 1.54) is 25.3 Å². The molecule has 12 nitrogen and oxygen atoms in total. The first-order chi connectivity index (χ1) is 33.2. The number of carbonyl (C=O) groups is 2. The average Bonchev–Trinajstić information content (AvgIpc) is 3.56. The second kappa shape index (κ2) is 19.8. The van der Waals surface area contributed by atoms with Crippen LogP contribution in [0.25, 0.3) is 0 Å². The first kappa shape index (κ1) is 48.7. The van der Waals surface area contributed by atoms with Gasteiger partial charge in [-0.3, -0.25) is 18.4 Å². The molecule has 17 heteroatoms. The number of aryl methyl sites for hydroxylation is 3. The predicted molar refractivity (Wildman–Crippen MR) is 251 cm³/mol. The van der Waals surface area contributed by atoms with Crippen LogP contribution in [0.2, 0.25) is 0 Å². The second-order valence-corrected chi connectivity index (χ2v) is 20.7. The SMILES string of the molecule is CCC1(CC)CN(c2nc(C(=O)Nc3cc(C)c(OC4CC5CC5C4)c(F)c3)c(CCF)o2)C1.CCC1(CC)CN(c2nc(C(=O)Nc3cc(F)c(OC4CC5CC(C5)C4)c(F)c3)c(CCF)o2)C1. The maximum absolute atomic E-state index is 14.9. The van der Waals surface area contributed by atoms with Crippen molar-refractivity contribution in [2.45, 2.75) is 130 Å². The van der Waals surface area contributed by atoms with Crippen molar-refractivity contribution in [2.75, 3.05) is 60.0 Å². The number of aromatic nitrogens is 2. The van der Waals surface area contributed by atoms with Crippen LogP contribution in [-0.4, -0.2) is 73.5 Å². The fraction of sp³-hybridized carbons (Fsp3) is 0.615. The minimum absolute atomic E-state index is 0.0418. The van der Waals surface area contributed by atoms with Gasteiger partial charge in [0.25, 0.3) is 23.8 Å². The van der Waals surface area contributed by atoms with Crippen LogP contribution in [0.5, 0.6) is 11.5 Å². The van der Waals surface area contributed by atoms with Crippen molar-refractivity contribution in [1.82, 2.24) is 9.97 Å². The van der Waals surface area contributed by atoms with Crippen molar-refractivity contribution in [3.63, 3.8) is 0 Å². The topological polar surface area (TPSA) is 135 Å². The van der Waals surface area contributed by atoms with Gasteiger partial charge in [-0.15, -0.1) is 0 Å². The van der Waals surface area contributed by atoms with Gasteiger partial charge in [-0.25, -0.2) is 13.2 Å². The number of halogens is 5. The molecule has 5 aliphatic carbocycles. The van der Waals surface area contributed by atoms with Gasteiger partial charge in [0.05, 0.1) is 25.6 Å². The van der Waals surface area contributed by atoms with Crippen LogP contribution in [0.15, 0.2) is 33.1 Å². The Morgan fingerprint density at radius 3 is 1.45 bits per heavy atom. The van der Waals surface area contributed by atoms with Crippen LogP contribution in [0.3, 0.4) is 0 Å². The summed E-state index contributed by atoms with van der Waals surface area (Å²) in [4.78, 5) is 38.5. The summed E-state index contributed by atoms with van der Waals surface area (Å²) in [5, 5.41) is 5.18. The Morgan fingerprint density at radius 2 is 1.03 bits per heavy atom. The highest BCUT2D eigenvalue weighted by molar-refractivity contribution is 6.04. The van der Waals surface area contributed by atoms with Crippen LogP contribution in [0.1, 0.15) is 136 Å². The largest absolute Gasteiger partial charge is 0.487 e. The molecule has 0 spiro atoms. The molecule has 2 saturated heterocycles. The molecule has 2 aromatic carbocycles. The maximum Gasteiger partial charge on any atom is 0.298 e. The van der Waals surface area contributed by atoms with E-state index >= 15 is 0 Å². The number of anilines is 4. The molecule has 374 valence electrons. The number of amides is 2. The summed E-state index contributed by atoms with van der Waals surface area (Å²) in [6, 6.07) is 5.62. The summed E-state index contributed by atoms with van der Waals surface area (Å²) >= 11 is 0. The summed E-state index contributed by atoms with van der Waals surface area (Å²) in [6.45, 7) is 12.1. The molecule has 2 N–H and O–H groups in total. The third-order valence-electron chi connectivity index (χ3n) is 16.1. The zero-order valence-corrected chi connectivity index (χ0v) is 40.3. The fourth-order valence-corrected chi connectivity index (χ4v) is 11.4. The van der Waals surface area contributed by atoms with E-state index in [-0.39, 0.29) is 76.2 Å². The Hall–Kier alpha value is -5.35. The normalized spacial score (nSPS) is 24.5. The average molecular weight is 965 g/mol. The number of carbonyl (C=O) groups excluding carboxylic acids is 2. The van der Waals surface area contributed by atoms with Crippen molar-refractivity contribution in [1.29, 1.82) is 0 Å². The summed E-state index contributed by atoms with van der Waals surface area (Å²) in [7, 11) is 0. The van der Waals surface area contributed by atoms with E-state index in [9.17, 15) is 31.5 Å². The van der Waals surface area contributed by atoms with Crippen LogP contribution in [0.4, 0.5) is 45.4 Å². The fourth-order valence-electron chi connectivity index (χ4n) is 11.4. The molecule has 11 rings (SSSR count). The van der Waals surface area contributed by atoms with E-state index in [4.69, 9.17) is 18.3 Å². The lowest BCUT2D eigenvalue weighted by Crippen LogP contribution is -2.56. The zero-order chi connectivity index (χ0) is 48.8. The standard InChI is InChI=1S/C26H32F3N3O3.C26H33F2N3O3/c1-3-26(4-2)13-32(14-26)25-31-22(21(35-25)5-6-27)24(33)30-17-11-19(28)23(20(29)12-17)34-18-9-15-7-16(8-15)10-18;1-4-26(5-2)13-31(14-26)25-30-22(21(34-25)6-7-27)24(32)29-18-8-15(3)23(20(28)12-18)33-19-10-16-9-17(16)11-19/h11-12,15-16,18H,3-10,13-14H2,1-2H3,(H,30,33);8,12,16-17,19H,4-7,9-11,13-14H2,1-3H3,(H,29,32). The lowest BCUT2D eigenvalue weighted by molar-refractivity contribution is 0.00932. The molecule has 7 fully saturated rings. The Morgan fingerprint density at radius 1 is 0.623 bits per heavy atom. The molecule has 0 radical (unpaired) electrons. The molecule has 2 amide bonds. The maximum atomic E-state index is 14.9. The van der Waals surface area contributed by atoms with E-state index in [1.54, 1.807) is 13.0 Å². The zero-order valence-electron chi connectivity index (χ0n) is 40.3. The number of rotatable bonds is 18. The molecule has 69 heavy (non-hydrogen) atoms. The summed E-state index contributed by atoms with van der Waals surface area (Å²) < 4.78 is 93.7. The first-order valence-electron chi connectivity index (χ1n) is 25.0.